The van der Waals surface area contributed by atoms with Gasteiger partial charge in [-0.1, -0.05) is 0 Å². The summed E-state index contributed by atoms with van der Waals surface area (Å²) in [5, 5.41) is 8.62. The van der Waals surface area contributed by atoms with Crippen LogP contribution in [0.15, 0.2) is 18.2 Å². The molecule has 1 aliphatic heterocycles. The second-order valence-electron chi connectivity index (χ2n) is 4.66. The first-order valence-corrected chi connectivity index (χ1v) is 9.27. The lowest BCUT2D eigenvalue weighted by molar-refractivity contribution is 0.475. The van der Waals surface area contributed by atoms with E-state index in [1.807, 2.05) is 0 Å². The maximum atomic E-state index is 13.0. The number of nitrogens with one attached hydrogen (secondary N) is 1. The van der Waals surface area contributed by atoms with E-state index in [-0.39, 0.29) is 30.0 Å². The first-order chi connectivity index (χ1) is 9.20. The van der Waals surface area contributed by atoms with Gasteiger partial charge in [-0.05, 0) is 25.0 Å². The number of hydrogen-bond acceptors (Lipinski definition) is 5. The van der Waals surface area contributed by atoms with Gasteiger partial charge in [0.1, 0.15) is 21.4 Å². The standard InChI is InChI=1S/C11H14FNO5S2/c12-8-1-2-11(14)10(7-8)13-20(17,18)9-3-5-19(15,16)6-4-9/h1-2,7,9,13-14H,3-6H2. The molecule has 0 radical (unpaired) electrons. The third-order valence-corrected chi connectivity index (χ3v) is 6.72. The van der Waals surface area contributed by atoms with Gasteiger partial charge in [-0.2, -0.15) is 0 Å². The Labute approximate surface area is 116 Å². The predicted octanol–water partition coefficient (Wildman–Crippen LogP) is 0.850. The maximum Gasteiger partial charge on any atom is 0.235 e. The summed E-state index contributed by atoms with van der Waals surface area (Å²) in [5.74, 6) is -1.45. The fraction of sp³-hybridized carbons (Fsp3) is 0.455. The Hall–Kier alpha value is -1.35. The molecule has 0 bridgehead atoms. The van der Waals surface area contributed by atoms with Gasteiger partial charge in [0, 0.05) is 6.07 Å². The lowest BCUT2D eigenvalue weighted by atomic mass is 10.2. The van der Waals surface area contributed by atoms with Gasteiger partial charge < -0.3 is 5.11 Å². The van der Waals surface area contributed by atoms with Crippen LogP contribution in [-0.2, 0) is 19.9 Å². The van der Waals surface area contributed by atoms with Gasteiger partial charge in [0.2, 0.25) is 10.0 Å². The molecule has 1 aromatic carbocycles. The molecular formula is C11H14FNO5S2. The summed E-state index contributed by atoms with van der Waals surface area (Å²) in [4.78, 5) is 0. The van der Waals surface area contributed by atoms with Crippen LogP contribution in [0.5, 0.6) is 5.75 Å². The SMILES string of the molecule is O=S1(=O)CCC(S(=O)(=O)Nc2cc(F)ccc2O)CC1. The summed E-state index contributed by atoms with van der Waals surface area (Å²) in [5.41, 5.74) is -0.251. The average Bonchev–Trinajstić information content (AvgIpc) is 2.33. The molecule has 2 rings (SSSR count). The van der Waals surface area contributed by atoms with E-state index in [1.165, 1.54) is 0 Å². The molecule has 1 fully saturated rings. The molecule has 0 aromatic heterocycles. The van der Waals surface area contributed by atoms with Gasteiger partial charge in [0.25, 0.3) is 0 Å². The van der Waals surface area contributed by atoms with Gasteiger partial charge in [0.15, 0.2) is 0 Å². The van der Waals surface area contributed by atoms with E-state index in [0.717, 1.165) is 18.2 Å². The first-order valence-electron chi connectivity index (χ1n) is 5.90. The minimum atomic E-state index is -3.87. The van der Waals surface area contributed by atoms with E-state index >= 15 is 0 Å². The second-order valence-corrected chi connectivity index (χ2v) is 8.92. The molecule has 6 nitrogen and oxygen atoms in total. The Balaban J connectivity index is 2.18. The topological polar surface area (TPSA) is 101 Å². The molecule has 112 valence electrons. The number of halogens is 1. The zero-order valence-corrected chi connectivity index (χ0v) is 12.0. The highest BCUT2D eigenvalue weighted by Gasteiger charge is 2.33. The third kappa shape index (κ3) is 3.40. The average molecular weight is 323 g/mol. The zero-order valence-electron chi connectivity index (χ0n) is 10.4. The summed E-state index contributed by atoms with van der Waals surface area (Å²) in [6, 6.07) is 2.91. The fourth-order valence-corrected chi connectivity index (χ4v) is 5.29. The first kappa shape index (κ1) is 15.0. The Morgan fingerprint density at radius 1 is 1.25 bits per heavy atom. The predicted molar refractivity (Wildman–Crippen MR) is 72.3 cm³/mol. The number of benzene rings is 1. The van der Waals surface area contributed by atoms with Gasteiger partial charge in [-0.15, -0.1) is 0 Å². The third-order valence-electron chi connectivity index (χ3n) is 3.15. The summed E-state index contributed by atoms with van der Waals surface area (Å²) >= 11 is 0. The van der Waals surface area contributed by atoms with Crippen molar-refractivity contribution in [1.82, 2.24) is 0 Å². The molecule has 9 heteroatoms. The molecule has 0 amide bonds. The van der Waals surface area contributed by atoms with Crippen molar-refractivity contribution in [3.05, 3.63) is 24.0 Å². The molecule has 0 unspecified atom stereocenters. The number of phenolic OH excluding ortho intramolecular Hbond substituents is 1. The number of sulfonamides is 1. The van der Waals surface area contributed by atoms with Gasteiger partial charge >= 0.3 is 0 Å². The van der Waals surface area contributed by atoms with E-state index in [0.29, 0.717) is 0 Å². The van der Waals surface area contributed by atoms with Crippen LogP contribution in [0, 0.1) is 5.82 Å². The monoisotopic (exact) mass is 323 g/mol. The van der Waals surface area contributed by atoms with E-state index in [4.69, 9.17) is 0 Å². The number of aromatic hydroxyl groups is 1. The van der Waals surface area contributed by atoms with E-state index in [1.54, 1.807) is 0 Å². The molecule has 0 aliphatic carbocycles. The van der Waals surface area contributed by atoms with Crippen molar-refractivity contribution in [1.29, 1.82) is 0 Å². The van der Waals surface area contributed by atoms with Crippen LogP contribution in [-0.4, -0.2) is 38.7 Å². The van der Waals surface area contributed by atoms with Crippen molar-refractivity contribution in [2.45, 2.75) is 18.1 Å². The van der Waals surface area contributed by atoms with Crippen LogP contribution in [0.2, 0.25) is 0 Å². The number of anilines is 1. The highest BCUT2D eigenvalue weighted by molar-refractivity contribution is 7.94. The fourth-order valence-electron chi connectivity index (χ4n) is 2.01. The lowest BCUT2D eigenvalue weighted by Crippen LogP contribution is -2.36. The number of phenols is 1. The molecule has 0 spiro atoms. The minimum Gasteiger partial charge on any atom is -0.506 e. The normalized spacial score (nSPS) is 19.6. The van der Waals surface area contributed by atoms with Gasteiger partial charge in [-0.25, -0.2) is 21.2 Å². The minimum absolute atomic E-state index is 0.00621. The van der Waals surface area contributed by atoms with Crippen molar-refractivity contribution in [2.75, 3.05) is 16.2 Å². The molecular weight excluding hydrogens is 309 g/mol. The molecule has 2 N–H and O–H groups in total. The number of rotatable bonds is 3. The van der Waals surface area contributed by atoms with Crippen LogP contribution in [0.3, 0.4) is 0 Å². The molecule has 1 aliphatic rings. The number of hydrogen-bond donors (Lipinski definition) is 2. The van der Waals surface area contributed by atoms with Crippen LogP contribution >= 0.6 is 0 Å². The van der Waals surface area contributed by atoms with Crippen LogP contribution in [0.1, 0.15) is 12.8 Å². The Morgan fingerprint density at radius 3 is 2.45 bits per heavy atom. The van der Waals surface area contributed by atoms with Crippen molar-refractivity contribution in [3.63, 3.8) is 0 Å². The molecule has 1 aromatic rings. The molecule has 1 saturated heterocycles. The second kappa shape index (κ2) is 5.21. The summed E-state index contributed by atoms with van der Waals surface area (Å²) in [7, 11) is -7.03. The molecule has 20 heavy (non-hydrogen) atoms. The molecule has 1 heterocycles. The maximum absolute atomic E-state index is 13.0. The number of sulfone groups is 1. The highest BCUT2D eigenvalue weighted by Crippen LogP contribution is 2.27. The molecule has 0 saturated carbocycles. The summed E-state index contributed by atoms with van der Waals surface area (Å²) in [6.07, 6.45) is -0.0124. The van der Waals surface area contributed by atoms with E-state index in [9.17, 15) is 26.3 Å². The Bertz CT molecular complexity index is 700. The van der Waals surface area contributed by atoms with E-state index in [2.05, 4.69) is 4.72 Å². The summed E-state index contributed by atoms with van der Waals surface area (Å²) in [6.45, 7) is 0. The summed E-state index contributed by atoms with van der Waals surface area (Å²) < 4.78 is 61.9. The van der Waals surface area contributed by atoms with Crippen LogP contribution in [0.25, 0.3) is 0 Å². The van der Waals surface area contributed by atoms with Gasteiger partial charge in [0.05, 0.1) is 22.4 Å². The van der Waals surface area contributed by atoms with Crippen LogP contribution in [0.4, 0.5) is 10.1 Å². The molecule has 0 atom stereocenters. The Morgan fingerprint density at radius 2 is 1.85 bits per heavy atom. The highest BCUT2D eigenvalue weighted by atomic mass is 32.2. The van der Waals surface area contributed by atoms with Crippen molar-refractivity contribution < 1.29 is 26.3 Å². The quantitative estimate of drug-likeness (QED) is 0.803. The lowest BCUT2D eigenvalue weighted by Gasteiger charge is -2.22. The van der Waals surface area contributed by atoms with E-state index < -0.39 is 36.7 Å². The zero-order chi connectivity index (χ0) is 15.0. The van der Waals surface area contributed by atoms with Gasteiger partial charge in [-0.3, -0.25) is 4.72 Å². The van der Waals surface area contributed by atoms with Crippen molar-refractivity contribution in [2.24, 2.45) is 0 Å². The van der Waals surface area contributed by atoms with Crippen molar-refractivity contribution in [3.8, 4) is 5.75 Å². The Kier molecular flexibility index (Phi) is 3.92. The van der Waals surface area contributed by atoms with Crippen molar-refractivity contribution >= 4 is 25.5 Å². The smallest absolute Gasteiger partial charge is 0.235 e. The van der Waals surface area contributed by atoms with Crippen LogP contribution < -0.4 is 4.72 Å². The largest absolute Gasteiger partial charge is 0.506 e.